The molecule has 6 heteroatoms. The normalized spacial score (nSPS) is 15.8. The van der Waals surface area contributed by atoms with Gasteiger partial charge in [-0.15, -0.1) is 0 Å². The topological polar surface area (TPSA) is 55.4 Å². The second kappa shape index (κ2) is 4.86. The number of ether oxygens (including phenoxy) is 1. The van der Waals surface area contributed by atoms with Crippen molar-refractivity contribution in [1.29, 1.82) is 0 Å². The van der Waals surface area contributed by atoms with Crippen molar-refractivity contribution in [3.63, 3.8) is 0 Å². The molecule has 1 aliphatic rings. The van der Waals surface area contributed by atoms with Crippen molar-refractivity contribution in [2.45, 2.75) is 50.2 Å². The molecule has 0 radical (unpaired) electrons. The van der Waals surface area contributed by atoms with Crippen LogP contribution < -0.4 is 9.12 Å². The molecule has 0 fully saturated rings. The van der Waals surface area contributed by atoms with E-state index >= 15 is 0 Å². The Labute approximate surface area is 122 Å². The molecular weight excluding hydrogens is 290 g/mol. The largest absolute Gasteiger partial charge is 0.493 e. The van der Waals surface area contributed by atoms with Crippen molar-refractivity contribution in [2.75, 3.05) is 6.61 Å². The minimum atomic E-state index is -3.47. The zero-order valence-corrected chi connectivity index (χ0v) is 14.6. The summed E-state index contributed by atoms with van der Waals surface area (Å²) in [6.07, 6.45) is 0.777. The van der Waals surface area contributed by atoms with Crippen molar-refractivity contribution < 1.29 is 13.2 Å². The van der Waals surface area contributed by atoms with Crippen molar-refractivity contribution in [1.82, 2.24) is 4.39 Å². The van der Waals surface area contributed by atoms with E-state index in [0.717, 1.165) is 17.7 Å². The van der Waals surface area contributed by atoms with Gasteiger partial charge in [0.15, 0.2) is 0 Å². The molecule has 2 rings (SSSR count). The highest BCUT2D eigenvalue weighted by atomic mass is 32.2. The van der Waals surface area contributed by atoms with Gasteiger partial charge in [0.2, 0.25) is 10.0 Å². The second-order valence-electron chi connectivity index (χ2n) is 6.85. The summed E-state index contributed by atoms with van der Waals surface area (Å²) in [6.45, 7) is 11.0. The first-order valence-electron chi connectivity index (χ1n) is 6.83. The fourth-order valence-electron chi connectivity index (χ4n) is 1.88. The number of hydrogen-bond acceptors (Lipinski definition) is 3. The maximum atomic E-state index is 12.6. The molecule has 1 aliphatic heterocycles. The Balaban J connectivity index is 2.32. The molecule has 0 unspecified atom stereocenters. The van der Waals surface area contributed by atoms with E-state index in [9.17, 15) is 8.42 Å². The monoisotopic (exact) mass is 313 g/mol. The highest BCUT2D eigenvalue weighted by Crippen LogP contribution is 2.35. The number of sulfonamides is 1. The van der Waals surface area contributed by atoms with Crippen LogP contribution in [0.3, 0.4) is 0 Å². The molecule has 0 spiro atoms. The summed E-state index contributed by atoms with van der Waals surface area (Å²) in [7, 11) is -5.58. The quantitative estimate of drug-likeness (QED) is 0.873. The Kier molecular flexibility index (Phi) is 3.77. The van der Waals surface area contributed by atoms with E-state index in [1.807, 2.05) is 13.1 Å². The first-order chi connectivity index (χ1) is 9.03. The van der Waals surface area contributed by atoms with Gasteiger partial charge in [-0.2, -0.15) is 0 Å². The van der Waals surface area contributed by atoms with Crippen LogP contribution in [0.25, 0.3) is 0 Å². The first-order valence-corrected chi connectivity index (χ1v) is 11.3. The van der Waals surface area contributed by atoms with E-state index in [4.69, 9.17) is 4.74 Å². The summed E-state index contributed by atoms with van der Waals surface area (Å²) in [6, 6.07) is 5.11. The van der Waals surface area contributed by atoms with Gasteiger partial charge in [-0.3, -0.25) is 0 Å². The van der Waals surface area contributed by atoms with Gasteiger partial charge in [0.25, 0.3) is 0 Å². The third kappa shape index (κ3) is 2.92. The van der Waals surface area contributed by atoms with Gasteiger partial charge in [0.05, 0.1) is 11.5 Å². The molecule has 0 bridgehead atoms. The molecule has 0 amide bonds. The Bertz CT molecular complexity index is 618. The van der Waals surface area contributed by atoms with Gasteiger partial charge in [-0.05, 0) is 28.8 Å². The minimum absolute atomic E-state index is 0.0418. The standard InChI is InChI=1S/C14H23NO3SSi/c1-14(2,3)20(4,5)15-19(16,17)12-6-7-13-11(10-12)8-9-18-13/h6-7,10,15H,8-9H2,1-5H3. The molecule has 1 aromatic carbocycles. The van der Waals surface area contributed by atoms with Crippen LogP contribution in [0.4, 0.5) is 0 Å². The number of fused-ring (bicyclic) bond motifs is 1. The zero-order valence-electron chi connectivity index (χ0n) is 12.8. The van der Waals surface area contributed by atoms with Crippen molar-refractivity contribution in [3.05, 3.63) is 23.8 Å². The summed E-state index contributed by atoms with van der Waals surface area (Å²) >= 11 is 0. The Morgan fingerprint density at radius 2 is 1.90 bits per heavy atom. The van der Waals surface area contributed by atoms with Crippen LogP contribution in [0.1, 0.15) is 26.3 Å². The third-order valence-corrected chi connectivity index (χ3v) is 12.0. The molecule has 4 nitrogen and oxygen atoms in total. The number of nitrogens with one attached hydrogen (secondary N) is 1. The van der Waals surface area contributed by atoms with Gasteiger partial charge in [0, 0.05) is 6.42 Å². The average molecular weight is 313 g/mol. The first kappa shape index (κ1) is 15.5. The van der Waals surface area contributed by atoms with Gasteiger partial charge in [0.1, 0.15) is 14.0 Å². The Morgan fingerprint density at radius 3 is 2.50 bits per heavy atom. The lowest BCUT2D eigenvalue weighted by atomic mass is 10.2. The number of hydrogen-bond donors (Lipinski definition) is 1. The lowest BCUT2D eigenvalue weighted by molar-refractivity contribution is 0.356. The van der Waals surface area contributed by atoms with E-state index in [0.29, 0.717) is 11.5 Å². The van der Waals surface area contributed by atoms with Crippen LogP contribution in [0, 0.1) is 0 Å². The molecule has 1 N–H and O–H groups in total. The fraction of sp³-hybridized carbons (Fsp3) is 0.571. The van der Waals surface area contributed by atoms with Crippen molar-refractivity contribution >= 4 is 18.3 Å². The molecule has 0 aromatic heterocycles. The molecule has 0 saturated carbocycles. The van der Waals surface area contributed by atoms with Gasteiger partial charge in [-0.25, -0.2) is 12.8 Å². The molecule has 0 atom stereocenters. The van der Waals surface area contributed by atoms with Crippen LogP contribution in [0.2, 0.25) is 18.1 Å². The van der Waals surface area contributed by atoms with Gasteiger partial charge in [-0.1, -0.05) is 33.9 Å². The van der Waals surface area contributed by atoms with Crippen LogP contribution in [0.15, 0.2) is 23.1 Å². The van der Waals surface area contributed by atoms with Crippen molar-refractivity contribution in [2.24, 2.45) is 0 Å². The molecule has 112 valence electrons. The fourth-order valence-corrected chi connectivity index (χ4v) is 6.81. The highest BCUT2D eigenvalue weighted by molar-refractivity contribution is 7.91. The molecule has 1 aromatic rings. The predicted molar refractivity (Wildman–Crippen MR) is 83.2 cm³/mol. The lowest BCUT2D eigenvalue weighted by Crippen LogP contribution is -2.54. The summed E-state index contributed by atoms with van der Waals surface area (Å²) in [5, 5.41) is -0.0418. The van der Waals surface area contributed by atoms with E-state index < -0.39 is 18.3 Å². The average Bonchev–Trinajstić information content (AvgIpc) is 2.72. The van der Waals surface area contributed by atoms with Crippen LogP contribution in [0.5, 0.6) is 5.75 Å². The molecule has 20 heavy (non-hydrogen) atoms. The molecule has 0 aliphatic carbocycles. The van der Waals surface area contributed by atoms with Crippen LogP contribution in [-0.2, 0) is 16.4 Å². The summed E-state index contributed by atoms with van der Waals surface area (Å²) in [4.78, 5) is 0.339. The smallest absolute Gasteiger partial charge is 0.234 e. The van der Waals surface area contributed by atoms with E-state index in [1.54, 1.807) is 18.2 Å². The molecule has 0 saturated heterocycles. The Morgan fingerprint density at radius 1 is 1.25 bits per heavy atom. The Hall–Kier alpha value is -0.853. The molecular formula is C14H23NO3SSi. The lowest BCUT2D eigenvalue weighted by Gasteiger charge is -2.36. The van der Waals surface area contributed by atoms with Crippen LogP contribution >= 0.6 is 0 Å². The third-order valence-electron chi connectivity index (χ3n) is 4.24. The van der Waals surface area contributed by atoms with Gasteiger partial charge < -0.3 is 4.74 Å². The summed E-state index contributed by atoms with van der Waals surface area (Å²) in [5.41, 5.74) is 0.975. The van der Waals surface area contributed by atoms with Gasteiger partial charge >= 0.3 is 0 Å². The minimum Gasteiger partial charge on any atom is -0.493 e. The van der Waals surface area contributed by atoms with E-state index in [-0.39, 0.29) is 5.04 Å². The van der Waals surface area contributed by atoms with Crippen LogP contribution in [-0.4, -0.2) is 23.3 Å². The predicted octanol–water partition coefficient (Wildman–Crippen LogP) is 2.91. The summed E-state index contributed by atoms with van der Waals surface area (Å²) < 4.78 is 33.5. The molecule has 1 heterocycles. The SMILES string of the molecule is CC(C)(C)[Si](C)(C)NS(=O)(=O)c1ccc2c(c1)CCO2. The number of rotatable bonds is 3. The highest BCUT2D eigenvalue weighted by Gasteiger charge is 2.39. The summed E-state index contributed by atoms with van der Waals surface area (Å²) in [5.74, 6) is 0.802. The maximum Gasteiger partial charge on any atom is 0.234 e. The van der Waals surface area contributed by atoms with Crippen molar-refractivity contribution in [3.8, 4) is 5.75 Å². The number of benzene rings is 1. The second-order valence-corrected chi connectivity index (χ2v) is 13.9. The zero-order chi connectivity index (χ0) is 15.2. The maximum absolute atomic E-state index is 12.6. The van der Waals surface area contributed by atoms with E-state index in [2.05, 4.69) is 25.2 Å². The van der Waals surface area contributed by atoms with E-state index in [1.165, 1.54) is 0 Å².